The van der Waals surface area contributed by atoms with Crippen LogP contribution in [-0.4, -0.2) is 0 Å². The topological polar surface area (TPSA) is 26.0 Å². The fourth-order valence-corrected chi connectivity index (χ4v) is 2.34. The van der Waals surface area contributed by atoms with E-state index in [9.17, 15) is 0 Å². The fraction of sp³-hybridized carbons (Fsp3) is 0. The van der Waals surface area contributed by atoms with Crippen LogP contribution in [0, 0.1) is 0 Å². The van der Waals surface area contributed by atoms with Crippen molar-refractivity contribution in [2.24, 2.45) is 0 Å². The first-order chi connectivity index (χ1) is 6.36. The van der Waals surface area contributed by atoms with Crippen LogP contribution in [0.4, 0.5) is 5.69 Å². The summed E-state index contributed by atoms with van der Waals surface area (Å²) in [6.45, 7) is 0. The molecule has 2 aromatic heterocycles. The van der Waals surface area contributed by atoms with Crippen molar-refractivity contribution in [2.45, 2.75) is 0 Å². The Balaban J connectivity index is 2.19. The predicted octanol–water partition coefficient (Wildman–Crippen LogP) is 3.56. The number of hydrogen-bond donors (Lipinski definition) is 1. The Morgan fingerprint density at radius 2 is 2.15 bits per heavy atom. The molecule has 2 heterocycles. The molecule has 0 unspecified atom stereocenters. The smallest absolute Gasteiger partial charge is 0.0496 e. The van der Waals surface area contributed by atoms with E-state index in [0.29, 0.717) is 0 Å². The lowest BCUT2D eigenvalue weighted by Gasteiger charge is -1.88. The average Bonchev–Trinajstić information content (AvgIpc) is 2.72. The van der Waals surface area contributed by atoms with Crippen molar-refractivity contribution in [1.82, 2.24) is 0 Å². The third-order valence-corrected chi connectivity index (χ3v) is 3.31. The zero-order chi connectivity index (χ0) is 9.10. The van der Waals surface area contributed by atoms with Gasteiger partial charge in [-0.25, -0.2) is 0 Å². The Hall–Kier alpha value is -1.06. The highest BCUT2D eigenvalue weighted by atomic mass is 32.1. The summed E-state index contributed by atoms with van der Waals surface area (Å²) in [5.41, 5.74) is 7.71. The lowest BCUT2D eigenvalue weighted by Crippen LogP contribution is -1.81. The number of thiophene rings is 2. The van der Waals surface area contributed by atoms with Gasteiger partial charge in [0.2, 0.25) is 0 Å². The van der Waals surface area contributed by atoms with Crippen LogP contribution >= 0.6 is 22.7 Å². The van der Waals surface area contributed by atoms with E-state index >= 15 is 0 Å². The standard InChI is InChI=1S/C10H9NS2/c11-10-7-12-6-8(10)3-4-9-2-1-5-13-9/h1-7H,11H2/b4-3+. The maximum atomic E-state index is 5.74. The molecule has 0 aliphatic carbocycles. The molecular formula is C10H9NS2. The highest BCUT2D eigenvalue weighted by Crippen LogP contribution is 2.20. The first-order valence-corrected chi connectivity index (χ1v) is 5.72. The minimum absolute atomic E-state index is 0.859. The quantitative estimate of drug-likeness (QED) is 0.800. The number of nitrogens with two attached hydrogens (primary N) is 1. The third-order valence-electron chi connectivity index (χ3n) is 1.69. The summed E-state index contributed by atoms with van der Waals surface area (Å²) in [5.74, 6) is 0. The molecule has 0 aliphatic rings. The van der Waals surface area contributed by atoms with Gasteiger partial charge in [-0.3, -0.25) is 0 Å². The van der Waals surface area contributed by atoms with Gasteiger partial charge in [0.1, 0.15) is 0 Å². The van der Waals surface area contributed by atoms with Crippen molar-refractivity contribution in [3.05, 3.63) is 38.7 Å². The number of nitrogen functional groups attached to an aromatic ring is 1. The van der Waals surface area contributed by atoms with Crippen molar-refractivity contribution < 1.29 is 0 Å². The number of rotatable bonds is 2. The molecule has 1 nitrogen and oxygen atoms in total. The minimum Gasteiger partial charge on any atom is -0.398 e. The molecule has 2 aromatic rings. The zero-order valence-electron chi connectivity index (χ0n) is 6.94. The summed E-state index contributed by atoms with van der Waals surface area (Å²) in [6.07, 6.45) is 4.14. The van der Waals surface area contributed by atoms with Gasteiger partial charge in [0.25, 0.3) is 0 Å². The van der Waals surface area contributed by atoms with E-state index in [2.05, 4.69) is 29.0 Å². The van der Waals surface area contributed by atoms with Gasteiger partial charge in [-0.1, -0.05) is 12.1 Å². The van der Waals surface area contributed by atoms with Crippen LogP contribution in [0.5, 0.6) is 0 Å². The van der Waals surface area contributed by atoms with E-state index in [0.717, 1.165) is 11.3 Å². The highest BCUT2D eigenvalue weighted by molar-refractivity contribution is 7.11. The van der Waals surface area contributed by atoms with E-state index in [-0.39, 0.29) is 0 Å². The van der Waals surface area contributed by atoms with Crippen molar-refractivity contribution in [3.63, 3.8) is 0 Å². The van der Waals surface area contributed by atoms with Crippen molar-refractivity contribution in [3.8, 4) is 0 Å². The molecule has 0 amide bonds. The van der Waals surface area contributed by atoms with Gasteiger partial charge in [-0.2, -0.15) is 0 Å². The second kappa shape index (κ2) is 3.77. The van der Waals surface area contributed by atoms with E-state index in [1.807, 2.05) is 11.4 Å². The Labute approximate surface area is 85.1 Å². The van der Waals surface area contributed by atoms with E-state index in [1.54, 1.807) is 22.7 Å². The molecule has 0 aliphatic heterocycles. The minimum atomic E-state index is 0.859. The lowest BCUT2D eigenvalue weighted by atomic mass is 10.2. The summed E-state index contributed by atoms with van der Waals surface area (Å²) >= 11 is 3.36. The summed E-state index contributed by atoms with van der Waals surface area (Å²) in [7, 11) is 0. The van der Waals surface area contributed by atoms with Gasteiger partial charge >= 0.3 is 0 Å². The first-order valence-electron chi connectivity index (χ1n) is 3.89. The molecule has 0 spiro atoms. The Bertz CT molecular complexity index is 398. The van der Waals surface area contributed by atoms with Gasteiger partial charge in [0.15, 0.2) is 0 Å². The van der Waals surface area contributed by atoms with Crippen LogP contribution in [0.2, 0.25) is 0 Å². The Kier molecular flexibility index (Phi) is 2.47. The Morgan fingerprint density at radius 3 is 2.77 bits per heavy atom. The second-order valence-electron chi connectivity index (χ2n) is 2.63. The molecular weight excluding hydrogens is 198 g/mol. The van der Waals surface area contributed by atoms with Gasteiger partial charge < -0.3 is 5.73 Å². The first kappa shape index (κ1) is 8.53. The van der Waals surface area contributed by atoms with E-state index in [4.69, 9.17) is 5.73 Å². The van der Waals surface area contributed by atoms with Crippen LogP contribution in [0.1, 0.15) is 10.4 Å². The molecule has 0 saturated heterocycles. The van der Waals surface area contributed by atoms with Crippen molar-refractivity contribution in [2.75, 3.05) is 5.73 Å². The van der Waals surface area contributed by atoms with Crippen molar-refractivity contribution in [1.29, 1.82) is 0 Å². The van der Waals surface area contributed by atoms with Crippen LogP contribution in [0.15, 0.2) is 28.3 Å². The third kappa shape index (κ3) is 1.99. The lowest BCUT2D eigenvalue weighted by molar-refractivity contribution is 1.81. The molecule has 0 atom stereocenters. The molecule has 0 fully saturated rings. The van der Waals surface area contributed by atoms with Gasteiger partial charge in [0.05, 0.1) is 0 Å². The number of hydrogen-bond acceptors (Lipinski definition) is 3. The van der Waals surface area contributed by atoms with E-state index < -0.39 is 0 Å². The molecule has 0 saturated carbocycles. The zero-order valence-corrected chi connectivity index (χ0v) is 8.57. The maximum absolute atomic E-state index is 5.74. The monoisotopic (exact) mass is 207 g/mol. The average molecular weight is 207 g/mol. The fourth-order valence-electron chi connectivity index (χ4n) is 1.01. The molecule has 0 radical (unpaired) electrons. The van der Waals surface area contributed by atoms with E-state index in [1.165, 1.54) is 4.88 Å². The van der Waals surface area contributed by atoms with Gasteiger partial charge in [0, 0.05) is 26.9 Å². The molecule has 3 heteroatoms. The highest BCUT2D eigenvalue weighted by Gasteiger charge is 1.94. The van der Waals surface area contributed by atoms with Crippen molar-refractivity contribution >= 4 is 40.5 Å². The predicted molar refractivity (Wildman–Crippen MR) is 62.0 cm³/mol. The van der Waals surface area contributed by atoms with Crippen LogP contribution in [0.25, 0.3) is 12.2 Å². The van der Waals surface area contributed by atoms with Crippen LogP contribution in [-0.2, 0) is 0 Å². The molecule has 13 heavy (non-hydrogen) atoms. The Morgan fingerprint density at radius 1 is 1.23 bits per heavy atom. The summed E-state index contributed by atoms with van der Waals surface area (Å²) < 4.78 is 0. The summed E-state index contributed by atoms with van der Waals surface area (Å²) in [6, 6.07) is 4.13. The van der Waals surface area contributed by atoms with Gasteiger partial charge in [-0.05, 0) is 17.5 Å². The summed E-state index contributed by atoms with van der Waals surface area (Å²) in [4.78, 5) is 1.26. The summed E-state index contributed by atoms with van der Waals surface area (Å²) in [5, 5.41) is 6.07. The maximum Gasteiger partial charge on any atom is 0.0496 e. The molecule has 0 aromatic carbocycles. The normalized spacial score (nSPS) is 11.1. The largest absolute Gasteiger partial charge is 0.398 e. The molecule has 66 valence electrons. The van der Waals surface area contributed by atoms with Crippen LogP contribution in [0.3, 0.4) is 0 Å². The van der Waals surface area contributed by atoms with Crippen LogP contribution < -0.4 is 5.73 Å². The van der Waals surface area contributed by atoms with Gasteiger partial charge in [-0.15, -0.1) is 22.7 Å². The molecule has 2 N–H and O–H groups in total. The number of anilines is 1. The second-order valence-corrected chi connectivity index (χ2v) is 4.35. The molecule has 0 bridgehead atoms. The SMILES string of the molecule is Nc1cscc1/C=C/c1cccs1. The molecule has 2 rings (SSSR count).